The highest BCUT2D eigenvalue weighted by atomic mass is 16.5. The summed E-state index contributed by atoms with van der Waals surface area (Å²) in [6.45, 7) is 8.72. The van der Waals surface area contributed by atoms with Gasteiger partial charge >= 0.3 is 0 Å². The van der Waals surface area contributed by atoms with Crippen molar-refractivity contribution in [2.24, 2.45) is 0 Å². The third-order valence-electron chi connectivity index (χ3n) is 3.25. The van der Waals surface area contributed by atoms with Crippen LogP contribution in [0.5, 0.6) is 5.75 Å². The van der Waals surface area contributed by atoms with Crippen molar-refractivity contribution in [3.63, 3.8) is 0 Å². The highest BCUT2D eigenvalue weighted by Gasteiger charge is 2.17. The van der Waals surface area contributed by atoms with Gasteiger partial charge in [0.25, 0.3) is 5.91 Å². The molecule has 1 heterocycles. The summed E-state index contributed by atoms with van der Waals surface area (Å²) in [5, 5.41) is 7.97. The van der Waals surface area contributed by atoms with Crippen LogP contribution >= 0.6 is 0 Å². The Morgan fingerprint density at radius 3 is 2.48 bits per heavy atom. The average molecular weight is 312 g/mol. The minimum atomic E-state index is -0.189. The normalized spacial score (nSPS) is 10.1. The predicted octanol–water partition coefficient (Wildman–Crippen LogP) is 2.15. The molecule has 0 atom stereocenters. The fourth-order valence-corrected chi connectivity index (χ4v) is 2.11. The van der Waals surface area contributed by atoms with Crippen molar-refractivity contribution in [3.8, 4) is 5.75 Å². The van der Waals surface area contributed by atoms with Gasteiger partial charge in [0.05, 0.1) is 19.9 Å². The predicted molar refractivity (Wildman–Crippen MR) is 88.4 cm³/mol. The Morgan fingerprint density at radius 1 is 1.26 bits per heavy atom. The zero-order chi connectivity index (χ0) is 16.7. The number of aromatic nitrogens is 3. The molecule has 6 nitrogen and oxygen atoms in total. The second-order valence-electron chi connectivity index (χ2n) is 4.94. The van der Waals surface area contributed by atoms with E-state index < -0.39 is 0 Å². The molecule has 120 valence electrons. The van der Waals surface area contributed by atoms with Crippen molar-refractivity contribution < 1.29 is 9.53 Å². The number of hydrogen-bond donors (Lipinski definition) is 0. The number of nitrogens with zero attached hydrogens (tertiary/aromatic N) is 4. The maximum Gasteiger partial charge on any atom is 0.276 e. The van der Waals surface area contributed by atoms with Crippen LogP contribution in [0.1, 0.15) is 16.1 Å². The van der Waals surface area contributed by atoms with E-state index in [1.165, 1.54) is 0 Å². The van der Waals surface area contributed by atoms with Crippen LogP contribution in [-0.2, 0) is 6.54 Å². The summed E-state index contributed by atoms with van der Waals surface area (Å²) in [6, 6.07) is 7.66. The number of amides is 1. The molecule has 0 saturated carbocycles. The van der Waals surface area contributed by atoms with Crippen molar-refractivity contribution in [1.29, 1.82) is 0 Å². The maximum absolute atomic E-state index is 12.4. The van der Waals surface area contributed by atoms with Crippen LogP contribution in [0.25, 0.3) is 0 Å². The Morgan fingerprint density at radius 2 is 1.91 bits per heavy atom. The lowest BCUT2D eigenvalue weighted by Gasteiger charge is -2.17. The van der Waals surface area contributed by atoms with Gasteiger partial charge in [-0.3, -0.25) is 4.79 Å². The molecule has 6 heteroatoms. The average Bonchev–Trinajstić information content (AvgIpc) is 3.03. The first-order chi connectivity index (χ1) is 11.2. The molecule has 0 aliphatic heterocycles. The fourth-order valence-electron chi connectivity index (χ4n) is 2.11. The first-order valence-electron chi connectivity index (χ1n) is 7.22. The summed E-state index contributed by atoms with van der Waals surface area (Å²) >= 11 is 0. The Hall–Kier alpha value is -2.89. The van der Waals surface area contributed by atoms with Crippen molar-refractivity contribution >= 4 is 5.91 Å². The molecule has 2 aromatic rings. The molecule has 0 aliphatic rings. The number of methoxy groups -OCH3 is 1. The van der Waals surface area contributed by atoms with Crippen LogP contribution in [0, 0.1) is 0 Å². The van der Waals surface area contributed by atoms with E-state index in [-0.39, 0.29) is 5.91 Å². The van der Waals surface area contributed by atoms with Crippen LogP contribution in [0.4, 0.5) is 0 Å². The standard InChI is InChI=1S/C17H20N4O2/c1-4-10-20(11-5-2)17(22)16-13-21(19-18-16)12-14-6-8-15(23-3)9-7-14/h4-9,13H,1-2,10-12H2,3H3. The van der Waals surface area contributed by atoms with Gasteiger partial charge < -0.3 is 9.64 Å². The lowest BCUT2D eigenvalue weighted by Crippen LogP contribution is -2.31. The molecule has 0 fully saturated rings. The Labute approximate surface area is 135 Å². The molecule has 0 saturated heterocycles. The molecule has 0 spiro atoms. The van der Waals surface area contributed by atoms with Crippen LogP contribution < -0.4 is 4.74 Å². The lowest BCUT2D eigenvalue weighted by molar-refractivity contribution is 0.0785. The Kier molecular flexibility index (Phi) is 5.68. The van der Waals surface area contributed by atoms with Crippen LogP contribution in [0.15, 0.2) is 55.8 Å². The number of hydrogen-bond acceptors (Lipinski definition) is 4. The second-order valence-corrected chi connectivity index (χ2v) is 4.94. The van der Waals surface area contributed by atoms with Crippen LogP contribution in [0.2, 0.25) is 0 Å². The fraction of sp³-hybridized carbons (Fsp3) is 0.235. The molecular weight excluding hydrogens is 292 g/mol. The van der Waals surface area contributed by atoms with E-state index >= 15 is 0 Å². The van der Waals surface area contributed by atoms with E-state index in [1.54, 1.807) is 35.0 Å². The number of carbonyl (C=O) groups excluding carboxylic acids is 1. The minimum Gasteiger partial charge on any atom is -0.497 e. The summed E-state index contributed by atoms with van der Waals surface area (Å²) in [4.78, 5) is 14.0. The van der Waals surface area contributed by atoms with Crippen LogP contribution in [0.3, 0.4) is 0 Å². The number of carbonyl (C=O) groups is 1. The molecule has 1 aromatic carbocycles. The topological polar surface area (TPSA) is 60.2 Å². The molecule has 0 aliphatic carbocycles. The first-order valence-corrected chi connectivity index (χ1v) is 7.22. The molecule has 0 unspecified atom stereocenters. The highest BCUT2D eigenvalue weighted by Crippen LogP contribution is 2.12. The number of ether oxygens (including phenoxy) is 1. The van der Waals surface area contributed by atoms with Gasteiger partial charge in [-0.1, -0.05) is 29.5 Å². The van der Waals surface area contributed by atoms with Gasteiger partial charge in [0, 0.05) is 13.1 Å². The van der Waals surface area contributed by atoms with Gasteiger partial charge in [0.1, 0.15) is 5.75 Å². The van der Waals surface area contributed by atoms with Gasteiger partial charge in [-0.2, -0.15) is 0 Å². The Balaban J connectivity index is 2.07. The molecule has 0 N–H and O–H groups in total. The quantitative estimate of drug-likeness (QED) is 0.701. The second kappa shape index (κ2) is 7.93. The van der Waals surface area contributed by atoms with Gasteiger partial charge in [0.15, 0.2) is 5.69 Å². The smallest absolute Gasteiger partial charge is 0.276 e. The number of benzene rings is 1. The van der Waals surface area contributed by atoms with Gasteiger partial charge in [-0.05, 0) is 17.7 Å². The van der Waals surface area contributed by atoms with Gasteiger partial charge in [-0.25, -0.2) is 4.68 Å². The van der Waals surface area contributed by atoms with E-state index in [2.05, 4.69) is 23.5 Å². The van der Waals surface area contributed by atoms with Crippen molar-refractivity contribution in [2.45, 2.75) is 6.54 Å². The Bertz CT molecular complexity index is 666. The summed E-state index contributed by atoms with van der Waals surface area (Å²) in [5.74, 6) is 0.610. The SMILES string of the molecule is C=CCN(CC=C)C(=O)c1cn(Cc2ccc(OC)cc2)nn1. The first kappa shape index (κ1) is 16.5. The lowest BCUT2D eigenvalue weighted by atomic mass is 10.2. The van der Waals surface area contributed by atoms with Crippen LogP contribution in [-0.4, -0.2) is 46.0 Å². The summed E-state index contributed by atoms with van der Waals surface area (Å²) in [7, 11) is 1.63. The van der Waals surface area contributed by atoms with Gasteiger partial charge in [0.2, 0.25) is 0 Å². The zero-order valence-corrected chi connectivity index (χ0v) is 13.2. The van der Waals surface area contributed by atoms with Crippen molar-refractivity contribution in [2.75, 3.05) is 20.2 Å². The maximum atomic E-state index is 12.4. The molecule has 0 radical (unpaired) electrons. The largest absolute Gasteiger partial charge is 0.497 e. The third-order valence-corrected chi connectivity index (χ3v) is 3.25. The molecule has 1 amide bonds. The highest BCUT2D eigenvalue weighted by molar-refractivity contribution is 5.92. The van der Waals surface area contributed by atoms with E-state index in [9.17, 15) is 4.79 Å². The molecule has 2 rings (SSSR count). The summed E-state index contributed by atoms with van der Waals surface area (Å²) < 4.78 is 6.76. The molecule has 0 bridgehead atoms. The van der Waals surface area contributed by atoms with E-state index in [0.29, 0.717) is 25.3 Å². The monoisotopic (exact) mass is 312 g/mol. The van der Waals surface area contributed by atoms with E-state index in [4.69, 9.17) is 4.74 Å². The third kappa shape index (κ3) is 4.29. The molecule has 1 aromatic heterocycles. The van der Waals surface area contributed by atoms with Crippen molar-refractivity contribution in [1.82, 2.24) is 19.9 Å². The van der Waals surface area contributed by atoms with Crippen molar-refractivity contribution in [3.05, 3.63) is 67.0 Å². The molecule has 23 heavy (non-hydrogen) atoms. The summed E-state index contributed by atoms with van der Waals surface area (Å²) in [6.07, 6.45) is 4.98. The van der Waals surface area contributed by atoms with Gasteiger partial charge in [-0.15, -0.1) is 18.3 Å². The molecular formula is C17H20N4O2. The van der Waals surface area contributed by atoms with E-state index in [0.717, 1.165) is 11.3 Å². The van der Waals surface area contributed by atoms with E-state index in [1.807, 2.05) is 24.3 Å². The zero-order valence-electron chi connectivity index (χ0n) is 13.2. The number of rotatable bonds is 8. The summed E-state index contributed by atoms with van der Waals surface area (Å²) in [5.41, 5.74) is 1.35. The minimum absolute atomic E-state index is 0.189.